The number of carboxylic acid groups (broad SMARTS) is 1. The molecule has 0 aliphatic carbocycles. The molecule has 0 aromatic rings. The zero-order valence-electron chi connectivity index (χ0n) is 8.95. The minimum Gasteiger partial charge on any atom is -0.465 e. The standard InChI is InChI=1S/C10H20N2O3/c11-5-9(6-12-10(13)14)4-8-2-1-3-15-7-8/h8-9,12H,1-7,11H2,(H,13,14)/t8-,9-/m1/s1. The van der Waals surface area contributed by atoms with Gasteiger partial charge in [-0.3, -0.25) is 0 Å². The number of nitrogens with two attached hydrogens (primary N) is 1. The third-order valence-corrected chi connectivity index (χ3v) is 2.80. The Morgan fingerprint density at radius 3 is 3.00 bits per heavy atom. The molecule has 4 N–H and O–H groups in total. The summed E-state index contributed by atoms with van der Waals surface area (Å²) in [6, 6.07) is 0. The van der Waals surface area contributed by atoms with Crippen LogP contribution in [0.15, 0.2) is 0 Å². The Morgan fingerprint density at radius 1 is 1.67 bits per heavy atom. The van der Waals surface area contributed by atoms with Gasteiger partial charge in [-0.2, -0.15) is 0 Å². The second kappa shape index (κ2) is 6.63. The van der Waals surface area contributed by atoms with Gasteiger partial charge in [0.25, 0.3) is 0 Å². The fourth-order valence-corrected chi connectivity index (χ4v) is 1.96. The summed E-state index contributed by atoms with van der Waals surface area (Å²) in [5.74, 6) is 0.774. The first-order chi connectivity index (χ1) is 7.22. The van der Waals surface area contributed by atoms with Gasteiger partial charge in [0.2, 0.25) is 0 Å². The number of hydrogen-bond acceptors (Lipinski definition) is 3. The van der Waals surface area contributed by atoms with Crippen molar-refractivity contribution in [1.29, 1.82) is 0 Å². The largest absolute Gasteiger partial charge is 0.465 e. The number of amides is 1. The molecule has 1 saturated heterocycles. The van der Waals surface area contributed by atoms with Gasteiger partial charge in [0.15, 0.2) is 0 Å². The second-order valence-corrected chi connectivity index (χ2v) is 4.11. The van der Waals surface area contributed by atoms with Gasteiger partial charge in [-0.1, -0.05) is 0 Å². The predicted octanol–water partition coefficient (Wildman–Crippen LogP) is 0.646. The maximum Gasteiger partial charge on any atom is 0.404 e. The summed E-state index contributed by atoms with van der Waals surface area (Å²) in [7, 11) is 0. The lowest BCUT2D eigenvalue weighted by Crippen LogP contribution is -2.34. The molecule has 0 bridgehead atoms. The molecule has 0 spiro atoms. The van der Waals surface area contributed by atoms with Crippen molar-refractivity contribution in [1.82, 2.24) is 5.32 Å². The number of nitrogens with one attached hydrogen (secondary N) is 1. The third kappa shape index (κ3) is 4.99. The van der Waals surface area contributed by atoms with Crippen molar-refractivity contribution in [3.8, 4) is 0 Å². The van der Waals surface area contributed by atoms with E-state index < -0.39 is 6.09 Å². The van der Waals surface area contributed by atoms with E-state index >= 15 is 0 Å². The average Bonchev–Trinajstić information content (AvgIpc) is 2.25. The fourth-order valence-electron chi connectivity index (χ4n) is 1.96. The van der Waals surface area contributed by atoms with Crippen LogP contribution >= 0.6 is 0 Å². The molecule has 1 aliphatic rings. The van der Waals surface area contributed by atoms with E-state index in [4.69, 9.17) is 15.6 Å². The van der Waals surface area contributed by atoms with Crippen LogP contribution in [0.3, 0.4) is 0 Å². The molecule has 0 aromatic heterocycles. The van der Waals surface area contributed by atoms with Crippen molar-refractivity contribution in [3.05, 3.63) is 0 Å². The summed E-state index contributed by atoms with van der Waals surface area (Å²) in [5.41, 5.74) is 5.60. The number of ether oxygens (including phenoxy) is 1. The van der Waals surface area contributed by atoms with Gasteiger partial charge in [0.05, 0.1) is 0 Å². The first-order valence-corrected chi connectivity index (χ1v) is 5.47. The van der Waals surface area contributed by atoms with E-state index in [0.29, 0.717) is 19.0 Å². The highest BCUT2D eigenvalue weighted by molar-refractivity contribution is 5.64. The molecule has 1 fully saturated rings. The summed E-state index contributed by atoms with van der Waals surface area (Å²) in [6.07, 6.45) is 2.25. The van der Waals surface area contributed by atoms with Crippen molar-refractivity contribution >= 4 is 6.09 Å². The van der Waals surface area contributed by atoms with Crippen molar-refractivity contribution in [3.63, 3.8) is 0 Å². The normalized spacial score (nSPS) is 23.4. The zero-order chi connectivity index (χ0) is 11.1. The molecule has 5 nitrogen and oxygen atoms in total. The SMILES string of the molecule is NC[C@H](CNC(=O)O)C[C@H]1CCCOC1. The van der Waals surface area contributed by atoms with E-state index in [2.05, 4.69) is 5.32 Å². The summed E-state index contributed by atoms with van der Waals surface area (Å²) in [5, 5.41) is 10.9. The Hall–Kier alpha value is -0.810. The Labute approximate surface area is 90.0 Å². The van der Waals surface area contributed by atoms with E-state index in [1.807, 2.05) is 0 Å². The topological polar surface area (TPSA) is 84.6 Å². The molecule has 0 unspecified atom stereocenters. The molecular weight excluding hydrogens is 196 g/mol. The van der Waals surface area contributed by atoms with Crippen LogP contribution in [0.5, 0.6) is 0 Å². The molecule has 0 saturated carbocycles. The van der Waals surface area contributed by atoms with Crippen molar-refractivity contribution in [2.75, 3.05) is 26.3 Å². The van der Waals surface area contributed by atoms with Crippen LogP contribution in [-0.2, 0) is 4.74 Å². The molecule has 1 heterocycles. The minimum atomic E-state index is -0.978. The zero-order valence-corrected chi connectivity index (χ0v) is 8.95. The summed E-state index contributed by atoms with van der Waals surface area (Å²) < 4.78 is 5.38. The number of carbonyl (C=O) groups is 1. The van der Waals surface area contributed by atoms with Crippen molar-refractivity contribution < 1.29 is 14.6 Å². The summed E-state index contributed by atoms with van der Waals surface area (Å²) in [6.45, 7) is 2.62. The Balaban J connectivity index is 2.22. The Kier molecular flexibility index (Phi) is 5.42. The minimum absolute atomic E-state index is 0.229. The van der Waals surface area contributed by atoms with Crippen LogP contribution in [0.4, 0.5) is 4.79 Å². The van der Waals surface area contributed by atoms with Crippen LogP contribution in [0, 0.1) is 11.8 Å². The summed E-state index contributed by atoms with van der Waals surface area (Å²) in [4.78, 5) is 10.3. The van der Waals surface area contributed by atoms with Crippen LogP contribution in [0.25, 0.3) is 0 Å². The monoisotopic (exact) mass is 216 g/mol. The summed E-state index contributed by atoms with van der Waals surface area (Å²) >= 11 is 0. The lowest BCUT2D eigenvalue weighted by atomic mass is 9.90. The molecule has 15 heavy (non-hydrogen) atoms. The maximum absolute atomic E-state index is 10.3. The van der Waals surface area contributed by atoms with Gasteiger partial charge >= 0.3 is 6.09 Å². The van der Waals surface area contributed by atoms with E-state index in [9.17, 15) is 4.79 Å². The van der Waals surface area contributed by atoms with E-state index in [0.717, 1.165) is 26.1 Å². The first-order valence-electron chi connectivity index (χ1n) is 5.47. The van der Waals surface area contributed by atoms with Gasteiger partial charge in [0.1, 0.15) is 0 Å². The Morgan fingerprint density at radius 2 is 2.47 bits per heavy atom. The molecule has 1 rings (SSSR count). The highest BCUT2D eigenvalue weighted by Gasteiger charge is 2.18. The Bertz CT molecular complexity index is 193. The van der Waals surface area contributed by atoms with Crippen LogP contribution < -0.4 is 11.1 Å². The smallest absolute Gasteiger partial charge is 0.404 e. The van der Waals surface area contributed by atoms with Crippen molar-refractivity contribution in [2.24, 2.45) is 17.6 Å². The molecule has 1 aliphatic heterocycles. The number of hydrogen-bond donors (Lipinski definition) is 3. The van der Waals surface area contributed by atoms with Gasteiger partial charge < -0.3 is 20.9 Å². The van der Waals surface area contributed by atoms with E-state index in [-0.39, 0.29) is 5.92 Å². The molecule has 0 aromatic carbocycles. The van der Waals surface area contributed by atoms with E-state index in [1.165, 1.54) is 6.42 Å². The molecular formula is C10H20N2O3. The van der Waals surface area contributed by atoms with Crippen molar-refractivity contribution in [2.45, 2.75) is 19.3 Å². The maximum atomic E-state index is 10.3. The van der Waals surface area contributed by atoms with Crippen LogP contribution in [0.2, 0.25) is 0 Å². The third-order valence-electron chi connectivity index (χ3n) is 2.80. The quantitative estimate of drug-likeness (QED) is 0.630. The molecule has 0 radical (unpaired) electrons. The van der Waals surface area contributed by atoms with Gasteiger partial charge in [-0.25, -0.2) is 4.79 Å². The van der Waals surface area contributed by atoms with Crippen LogP contribution in [-0.4, -0.2) is 37.5 Å². The second-order valence-electron chi connectivity index (χ2n) is 4.11. The molecule has 5 heteroatoms. The lowest BCUT2D eigenvalue weighted by molar-refractivity contribution is 0.0455. The molecule has 1 amide bonds. The highest BCUT2D eigenvalue weighted by atomic mass is 16.5. The fraction of sp³-hybridized carbons (Fsp3) is 0.900. The lowest BCUT2D eigenvalue weighted by Gasteiger charge is -2.25. The molecule has 2 atom stereocenters. The van der Waals surface area contributed by atoms with E-state index in [1.54, 1.807) is 0 Å². The van der Waals surface area contributed by atoms with Gasteiger partial charge in [-0.05, 0) is 37.6 Å². The van der Waals surface area contributed by atoms with Gasteiger partial charge in [-0.15, -0.1) is 0 Å². The first kappa shape index (κ1) is 12.3. The number of rotatable bonds is 5. The molecule has 88 valence electrons. The van der Waals surface area contributed by atoms with Crippen LogP contribution in [0.1, 0.15) is 19.3 Å². The average molecular weight is 216 g/mol. The predicted molar refractivity (Wildman–Crippen MR) is 56.7 cm³/mol. The highest BCUT2D eigenvalue weighted by Crippen LogP contribution is 2.20. The van der Waals surface area contributed by atoms with Gasteiger partial charge in [0, 0.05) is 19.8 Å².